The third-order valence-corrected chi connectivity index (χ3v) is 5.30. The maximum atomic E-state index is 12.7. The van der Waals surface area contributed by atoms with Crippen molar-refractivity contribution in [2.24, 2.45) is 0 Å². The summed E-state index contributed by atoms with van der Waals surface area (Å²) in [6.07, 6.45) is -4.58. The third-order valence-electron chi connectivity index (χ3n) is 5.30. The summed E-state index contributed by atoms with van der Waals surface area (Å²) in [5, 5.41) is 28.1. The van der Waals surface area contributed by atoms with Crippen molar-refractivity contribution in [3.8, 4) is 6.07 Å². The van der Waals surface area contributed by atoms with Gasteiger partial charge in [0, 0.05) is 44.7 Å². The first-order valence-electron chi connectivity index (χ1n) is 10.8. The Morgan fingerprint density at radius 1 is 1.00 bits per heavy atom. The van der Waals surface area contributed by atoms with Crippen LogP contribution in [0.3, 0.4) is 0 Å². The summed E-state index contributed by atoms with van der Waals surface area (Å²) in [7, 11) is 0. The van der Waals surface area contributed by atoms with E-state index in [-0.39, 0.29) is 11.5 Å². The van der Waals surface area contributed by atoms with Crippen molar-refractivity contribution in [3.63, 3.8) is 0 Å². The van der Waals surface area contributed by atoms with Crippen LogP contribution in [0, 0.1) is 18.3 Å². The topological polar surface area (TPSA) is 134 Å². The molecule has 12 heteroatoms. The van der Waals surface area contributed by atoms with Gasteiger partial charge in [-0.2, -0.15) is 18.4 Å². The van der Waals surface area contributed by atoms with Gasteiger partial charge in [0.05, 0.1) is 23.0 Å². The molecule has 1 fully saturated rings. The van der Waals surface area contributed by atoms with E-state index in [2.05, 4.69) is 21.2 Å². The van der Waals surface area contributed by atoms with Crippen LogP contribution in [0.1, 0.15) is 32.7 Å². The Kier molecular flexibility index (Phi) is 9.81. The highest BCUT2D eigenvalue weighted by Crippen LogP contribution is 2.29. The minimum atomic E-state index is -5.08. The quantitative estimate of drug-likeness (QED) is 0.541. The Bertz CT molecular complexity index is 1120. The molecule has 2 aromatic carbocycles. The maximum Gasteiger partial charge on any atom is 0.490 e. The number of carbonyl (C=O) groups excluding carboxylic acids is 1. The largest absolute Gasteiger partial charge is 0.490 e. The molecule has 0 aromatic heterocycles. The van der Waals surface area contributed by atoms with E-state index in [1.807, 2.05) is 19.1 Å². The summed E-state index contributed by atoms with van der Waals surface area (Å²) in [5.74, 6) is -4.07. The van der Waals surface area contributed by atoms with Crippen molar-refractivity contribution >= 4 is 29.2 Å². The van der Waals surface area contributed by atoms with Gasteiger partial charge in [-0.1, -0.05) is 17.7 Å². The van der Waals surface area contributed by atoms with E-state index in [0.717, 1.165) is 44.0 Å². The van der Waals surface area contributed by atoms with Gasteiger partial charge < -0.3 is 20.4 Å². The lowest BCUT2D eigenvalue weighted by Crippen LogP contribution is -2.46. The van der Waals surface area contributed by atoms with Crippen LogP contribution < -0.4 is 10.2 Å². The molecule has 3 rings (SSSR count). The molecule has 0 atom stereocenters. The number of aromatic carboxylic acids is 1. The molecule has 0 radical (unpaired) electrons. The standard InChI is InChI=1S/C22H24N4O3.C2HF3O2/c1-16-3-5-17(6-4-16)21(27)24-19-15-18(22(28)29)7-8-20(19)26-13-11-25(12-14-26)10-2-9-23;3-2(4,5)1(6)7/h3-8,15H,2,10-14H2,1H3,(H,24,27)(H,28,29);(H,6,7). The van der Waals surface area contributed by atoms with Crippen LogP contribution in [0.2, 0.25) is 0 Å². The van der Waals surface area contributed by atoms with Crippen molar-refractivity contribution < 1.29 is 37.8 Å². The predicted molar refractivity (Wildman–Crippen MR) is 125 cm³/mol. The number of carboxylic acid groups (broad SMARTS) is 2. The van der Waals surface area contributed by atoms with Gasteiger partial charge in [-0.15, -0.1) is 0 Å². The number of nitrogens with zero attached hydrogens (tertiary/aromatic N) is 3. The first-order valence-corrected chi connectivity index (χ1v) is 10.8. The zero-order chi connectivity index (χ0) is 26.9. The summed E-state index contributed by atoms with van der Waals surface area (Å²) in [4.78, 5) is 37.4. The monoisotopic (exact) mass is 506 g/mol. The second-order valence-corrected chi connectivity index (χ2v) is 7.90. The third kappa shape index (κ3) is 8.28. The molecule has 0 bridgehead atoms. The molecule has 1 heterocycles. The Labute approximate surface area is 205 Å². The van der Waals surface area contributed by atoms with E-state index in [4.69, 9.17) is 15.2 Å². The summed E-state index contributed by atoms with van der Waals surface area (Å²) in [6.45, 7) is 5.81. The number of halogens is 3. The van der Waals surface area contributed by atoms with Gasteiger partial charge in [0.2, 0.25) is 0 Å². The maximum absolute atomic E-state index is 12.7. The molecule has 1 saturated heterocycles. The van der Waals surface area contributed by atoms with Crippen LogP contribution in [0.15, 0.2) is 42.5 Å². The van der Waals surface area contributed by atoms with Gasteiger partial charge in [-0.25, -0.2) is 9.59 Å². The van der Waals surface area contributed by atoms with Crippen LogP contribution in [0.4, 0.5) is 24.5 Å². The molecule has 0 unspecified atom stereocenters. The molecule has 0 aliphatic carbocycles. The molecule has 0 saturated carbocycles. The Morgan fingerprint density at radius 2 is 1.56 bits per heavy atom. The van der Waals surface area contributed by atoms with Crippen LogP contribution in [-0.4, -0.2) is 71.9 Å². The number of hydrogen-bond donors (Lipinski definition) is 3. The zero-order valence-electron chi connectivity index (χ0n) is 19.4. The van der Waals surface area contributed by atoms with Gasteiger partial charge in [0.25, 0.3) is 5.91 Å². The molecule has 1 aliphatic rings. The van der Waals surface area contributed by atoms with Gasteiger partial charge in [-0.05, 0) is 37.3 Å². The van der Waals surface area contributed by atoms with E-state index in [1.165, 1.54) is 6.07 Å². The lowest BCUT2D eigenvalue weighted by molar-refractivity contribution is -0.192. The fourth-order valence-electron chi connectivity index (χ4n) is 3.36. The average molecular weight is 506 g/mol. The number of nitrogens with one attached hydrogen (secondary N) is 1. The van der Waals surface area contributed by atoms with Gasteiger partial charge in [-0.3, -0.25) is 9.69 Å². The van der Waals surface area contributed by atoms with Crippen LogP contribution in [0.5, 0.6) is 0 Å². The van der Waals surface area contributed by atoms with Gasteiger partial charge >= 0.3 is 18.1 Å². The fraction of sp³-hybridized carbons (Fsp3) is 0.333. The number of aryl methyl sites for hydroxylation is 1. The molecule has 36 heavy (non-hydrogen) atoms. The lowest BCUT2D eigenvalue weighted by atomic mass is 10.1. The summed E-state index contributed by atoms with van der Waals surface area (Å²) < 4.78 is 31.7. The van der Waals surface area contributed by atoms with Gasteiger partial charge in [0.1, 0.15) is 0 Å². The number of piperazine rings is 1. The number of carboxylic acids is 2. The predicted octanol–water partition coefficient (Wildman–Crippen LogP) is 3.61. The number of aliphatic carboxylic acids is 1. The molecule has 2 aromatic rings. The van der Waals surface area contributed by atoms with E-state index in [9.17, 15) is 27.9 Å². The highest BCUT2D eigenvalue weighted by molar-refractivity contribution is 6.06. The molecule has 9 nitrogen and oxygen atoms in total. The van der Waals surface area contributed by atoms with Crippen LogP contribution in [0.25, 0.3) is 0 Å². The number of alkyl halides is 3. The average Bonchev–Trinajstić information content (AvgIpc) is 2.83. The molecule has 192 valence electrons. The first-order chi connectivity index (χ1) is 16.9. The van der Waals surface area contributed by atoms with E-state index >= 15 is 0 Å². The lowest BCUT2D eigenvalue weighted by Gasteiger charge is -2.36. The van der Waals surface area contributed by atoms with Crippen LogP contribution >= 0.6 is 0 Å². The SMILES string of the molecule is Cc1ccc(C(=O)Nc2cc(C(=O)O)ccc2N2CCN(CCC#N)CC2)cc1.O=C(O)C(F)(F)F. The molecular weight excluding hydrogens is 481 g/mol. The highest BCUT2D eigenvalue weighted by Gasteiger charge is 2.38. The number of hydrogen-bond acceptors (Lipinski definition) is 6. The van der Waals surface area contributed by atoms with Gasteiger partial charge in [0.15, 0.2) is 0 Å². The molecule has 0 spiro atoms. The highest BCUT2D eigenvalue weighted by atomic mass is 19.4. The van der Waals surface area contributed by atoms with E-state index in [0.29, 0.717) is 17.7 Å². The van der Waals surface area contributed by atoms with Crippen molar-refractivity contribution in [1.29, 1.82) is 5.26 Å². The van der Waals surface area contributed by atoms with E-state index < -0.39 is 18.1 Å². The first kappa shape index (κ1) is 28.1. The van der Waals surface area contributed by atoms with Crippen molar-refractivity contribution in [2.75, 3.05) is 42.9 Å². The molecule has 1 aliphatic heterocycles. The number of anilines is 2. The summed E-state index contributed by atoms with van der Waals surface area (Å²) in [5.41, 5.74) is 2.99. The van der Waals surface area contributed by atoms with Crippen molar-refractivity contribution in [3.05, 3.63) is 59.2 Å². The van der Waals surface area contributed by atoms with E-state index in [1.54, 1.807) is 24.3 Å². The fourth-order valence-corrected chi connectivity index (χ4v) is 3.36. The number of benzene rings is 2. The number of carbonyl (C=O) groups is 3. The molecule has 1 amide bonds. The molecular formula is C24H25F3N4O5. The summed E-state index contributed by atoms with van der Waals surface area (Å²) >= 11 is 0. The second-order valence-electron chi connectivity index (χ2n) is 7.90. The Hall–Kier alpha value is -4.11. The number of rotatable bonds is 6. The Balaban J connectivity index is 0.000000572. The molecule has 3 N–H and O–H groups in total. The van der Waals surface area contributed by atoms with Crippen LogP contribution in [-0.2, 0) is 4.79 Å². The minimum absolute atomic E-state index is 0.126. The van der Waals surface area contributed by atoms with Crippen molar-refractivity contribution in [2.45, 2.75) is 19.5 Å². The smallest absolute Gasteiger partial charge is 0.478 e. The summed E-state index contributed by atoms with van der Waals surface area (Å²) in [6, 6.07) is 14.2. The normalized spacial score (nSPS) is 13.7. The number of nitriles is 1. The number of amides is 1. The Morgan fingerprint density at radius 3 is 2.06 bits per heavy atom. The zero-order valence-corrected chi connectivity index (χ0v) is 19.4. The van der Waals surface area contributed by atoms with Crippen molar-refractivity contribution in [1.82, 2.24) is 4.90 Å². The minimum Gasteiger partial charge on any atom is -0.478 e. The second kappa shape index (κ2) is 12.6.